The van der Waals surface area contributed by atoms with Crippen molar-refractivity contribution in [3.63, 3.8) is 0 Å². The van der Waals surface area contributed by atoms with E-state index in [2.05, 4.69) is 35.4 Å². The van der Waals surface area contributed by atoms with Crippen molar-refractivity contribution in [1.82, 2.24) is 25.5 Å². The predicted octanol–water partition coefficient (Wildman–Crippen LogP) is 1.21. The van der Waals surface area contributed by atoms with Crippen molar-refractivity contribution in [2.75, 3.05) is 50.7 Å². The van der Waals surface area contributed by atoms with Crippen LogP contribution < -0.4 is 15.5 Å². The molecule has 0 bridgehead atoms. The van der Waals surface area contributed by atoms with Crippen molar-refractivity contribution in [3.05, 3.63) is 42.6 Å². The summed E-state index contributed by atoms with van der Waals surface area (Å²) in [6.45, 7) is 7.13. The summed E-state index contributed by atoms with van der Waals surface area (Å²) in [5, 5.41) is 6.12. The van der Waals surface area contributed by atoms with Gasteiger partial charge in [-0.25, -0.2) is 9.97 Å². The fourth-order valence-electron chi connectivity index (χ4n) is 2.82. The summed E-state index contributed by atoms with van der Waals surface area (Å²) in [5.74, 6) is 1.71. The molecule has 2 aromatic rings. The van der Waals surface area contributed by atoms with E-state index < -0.39 is 0 Å². The minimum absolute atomic E-state index is 0. The molecule has 3 heterocycles. The molecule has 3 rings (SSSR count). The Morgan fingerprint density at radius 3 is 2.57 bits per heavy atom. The average Bonchev–Trinajstić information content (AvgIpc) is 3.26. The van der Waals surface area contributed by atoms with E-state index in [0.29, 0.717) is 18.8 Å². The van der Waals surface area contributed by atoms with Crippen molar-refractivity contribution in [2.24, 2.45) is 4.99 Å². The van der Waals surface area contributed by atoms with E-state index in [9.17, 15) is 4.79 Å². The van der Waals surface area contributed by atoms with Gasteiger partial charge in [-0.05, 0) is 25.1 Å². The second kappa shape index (κ2) is 11.5. The van der Waals surface area contributed by atoms with E-state index in [1.807, 2.05) is 13.0 Å². The Morgan fingerprint density at radius 2 is 1.93 bits per heavy atom. The van der Waals surface area contributed by atoms with Gasteiger partial charge in [0, 0.05) is 51.7 Å². The first kappa shape index (κ1) is 21.9. The molecule has 1 fully saturated rings. The van der Waals surface area contributed by atoms with Crippen molar-refractivity contribution in [2.45, 2.75) is 6.92 Å². The number of nitrogens with one attached hydrogen (secondary N) is 2. The summed E-state index contributed by atoms with van der Waals surface area (Å²) in [5.41, 5.74) is 0. The van der Waals surface area contributed by atoms with Gasteiger partial charge in [0.15, 0.2) is 11.7 Å². The number of guanidine groups is 1. The molecule has 1 amide bonds. The molecule has 28 heavy (non-hydrogen) atoms. The van der Waals surface area contributed by atoms with Gasteiger partial charge in [0.25, 0.3) is 5.91 Å². The molecular formula is C18H26IN7O2. The summed E-state index contributed by atoms with van der Waals surface area (Å²) in [6.07, 6.45) is 5.00. The molecular weight excluding hydrogens is 473 g/mol. The molecule has 0 saturated carbocycles. The number of hydrogen-bond donors (Lipinski definition) is 2. The monoisotopic (exact) mass is 499 g/mol. The maximum Gasteiger partial charge on any atom is 0.287 e. The van der Waals surface area contributed by atoms with Crippen molar-refractivity contribution in [3.8, 4) is 0 Å². The van der Waals surface area contributed by atoms with Gasteiger partial charge in [-0.1, -0.05) is 0 Å². The lowest BCUT2D eigenvalue weighted by Crippen LogP contribution is -2.53. The number of halogens is 1. The first-order valence-corrected chi connectivity index (χ1v) is 9.15. The maximum absolute atomic E-state index is 11.9. The topological polar surface area (TPSA) is 98.9 Å². The highest BCUT2D eigenvalue weighted by Gasteiger charge is 2.21. The van der Waals surface area contributed by atoms with E-state index >= 15 is 0 Å². The Labute approximate surface area is 181 Å². The molecule has 0 aliphatic carbocycles. The van der Waals surface area contributed by atoms with Gasteiger partial charge in [-0.2, -0.15) is 0 Å². The molecule has 2 aromatic heterocycles. The van der Waals surface area contributed by atoms with Crippen LogP contribution in [0, 0.1) is 0 Å². The third-order valence-electron chi connectivity index (χ3n) is 4.15. The number of aliphatic imine (C=N–C) groups is 1. The quantitative estimate of drug-likeness (QED) is 0.267. The largest absolute Gasteiger partial charge is 0.459 e. The van der Waals surface area contributed by atoms with Crippen LogP contribution in [0.3, 0.4) is 0 Å². The Kier molecular flexibility index (Phi) is 8.98. The zero-order chi connectivity index (χ0) is 18.9. The van der Waals surface area contributed by atoms with E-state index in [1.165, 1.54) is 6.26 Å². The summed E-state index contributed by atoms with van der Waals surface area (Å²) >= 11 is 0. The minimum atomic E-state index is -0.225. The summed E-state index contributed by atoms with van der Waals surface area (Å²) in [4.78, 5) is 29.5. The molecule has 10 heteroatoms. The number of rotatable bonds is 6. The lowest BCUT2D eigenvalue weighted by atomic mass is 10.3. The van der Waals surface area contributed by atoms with Crippen LogP contribution in [0.25, 0.3) is 0 Å². The Morgan fingerprint density at radius 1 is 1.18 bits per heavy atom. The number of aromatic nitrogens is 2. The van der Waals surface area contributed by atoms with Gasteiger partial charge in [0.2, 0.25) is 5.95 Å². The maximum atomic E-state index is 11.9. The fraction of sp³-hybridized carbons (Fsp3) is 0.444. The Hall–Kier alpha value is -2.37. The SMILES string of the molecule is CCNC(=NCCNC(=O)c1ccco1)N1CCN(c2ncccn2)CC1.I. The number of carbonyl (C=O) groups excluding carboxylic acids is 1. The summed E-state index contributed by atoms with van der Waals surface area (Å²) < 4.78 is 5.07. The highest BCUT2D eigenvalue weighted by Crippen LogP contribution is 2.09. The second-order valence-electron chi connectivity index (χ2n) is 5.99. The van der Waals surface area contributed by atoms with Gasteiger partial charge >= 0.3 is 0 Å². The van der Waals surface area contributed by atoms with Crippen molar-refractivity contribution >= 4 is 41.8 Å². The first-order valence-electron chi connectivity index (χ1n) is 9.15. The molecule has 0 atom stereocenters. The predicted molar refractivity (Wildman–Crippen MR) is 118 cm³/mol. The lowest BCUT2D eigenvalue weighted by molar-refractivity contribution is 0.0927. The zero-order valence-corrected chi connectivity index (χ0v) is 18.2. The third-order valence-corrected chi connectivity index (χ3v) is 4.15. The Bertz CT molecular complexity index is 732. The van der Waals surface area contributed by atoms with Crippen LogP contribution in [0.2, 0.25) is 0 Å². The number of hydrogen-bond acceptors (Lipinski definition) is 6. The molecule has 152 valence electrons. The number of anilines is 1. The zero-order valence-electron chi connectivity index (χ0n) is 15.9. The first-order chi connectivity index (χ1) is 13.3. The third kappa shape index (κ3) is 6.08. The van der Waals surface area contributed by atoms with Gasteiger partial charge < -0.3 is 24.9 Å². The van der Waals surface area contributed by atoms with Crippen molar-refractivity contribution < 1.29 is 9.21 Å². The molecule has 1 saturated heterocycles. The van der Waals surface area contributed by atoms with Gasteiger partial charge in [0.05, 0.1) is 12.8 Å². The van der Waals surface area contributed by atoms with Crippen LogP contribution in [0.1, 0.15) is 17.5 Å². The summed E-state index contributed by atoms with van der Waals surface area (Å²) in [6, 6.07) is 5.15. The fourth-order valence-corrected chi connectivity index (χ4v) is 2.82. The number of nitrogens with zero attached hydrogens (tertiary/aromatic N) is 5. The van der Waals surface area contributed by atoms with Crippen LogP contribution in [-0.4, -0.2) is 72.5 Å². The van der Waals surface area contributed by atoms with Gasteiger partial charge in [-0.3, -0.25) is 9.79 Å². The van der Waals surface area contributed by atoms with Crippen LogP contribution in [0.5, 0.6) is 0 Å². The van der Waals surface area contributed by atoms with E-state index in [4.69, 9.17) is 4.42 Å². The second-order valence-corrected chi connectivity index (χ2v) is 5.99. The number of furan rings is 1. The van der Waals surface area contributed by atoms with Crippen molar-refractivity contribution in [1.29, 1.82) is 0 Å². The normalized spacial score (nSPS) is 14.4. The Balaban J connectivity index is 0.00000280. The molecule has 1 aliphatic heterocycles. The van der Waals surface area contributed by atoms with Crippen LogP contribution in [0.4, 0.5) is 5.95 Å². The molecule has 0 aromatic carbocycles. The molecule has 9 nitrogen and oxygen atoms in total. The molecule has 0 radical (unpaired) electrons. The number of piperazine rings is 1. The lowest BCUT2D eigenvalue weighted by Gasteiger charge is -2.36. The molecule has 2 N–H and O–H groups in total. The number of carbonyl (C=O) groups is 1. The van der Waals surface area contributed by atoms with E-state index in [-0.39, 0.29) is 29.9 Å². The van der Waals surface area contributed by atoms with Gasteiger partial charge in [0.1, 0.15) is 0 Å². The highest BCUT2D eigenvalue weighted by atomic mass is 127. The smallest absolute Gasteiger partial charge is 0.287 e. The molecule has 0 unspecified atom stereocenters. The molecule has 1 aliphatic rings. The van der Waals surface area contributed by atoms with Crippen LogP contribution >= 0.6 is 24.0 Å². The van der Waals surface area contributed by atoms with Gasteiger partial charge in [-0.15, -0.1) is 24.0 Å². The number of amides is 1. The van der Waals surface area contributed by atoms with E-state index in [1.54, 1.807) is 24.5 Å². The van der Waals surface area contributed by atoms with Crippen LogP contribution in [-0.2, 0) is 0 Å². The highest BCUT2D eigenvalue weighted by molar-refractivity contribution is 14.0. The molecule has 0 spiro atoms. The standard InChI is InChI=1S/C18H25N7O2.HI/c1-2-19-17(23-9-8-20-16(26)15-5-3-14-27-15)24-10-12-25(13-11-24)18-21-6-4-7-22-18;/h3-7,14H,2,8-13H2,1H3,(H,19,23)(H,20,26);1H. The average molecular weight is 499 g/mol. The summed E-state index contributed by atoms with van der Waals surface area (Å²) in [7, 11) is 0. The van der Waals surface area contributed by atoms with E-state index in [0.717, 1.165) is 44.6 Å². The van der Waals surface area contributed by atoms with Crippen LogP contribution in [0.15, 0.2) is 46.3 Å². The minimum Gasteiger partial charge on any atom is -0.459 e.